The number of hydrogen-bond acceptors (Lipinski definition) is 6. The fourth-order valence-corrected chi connectivity index (χ4v) is 5.56. The molecule has 0 bridgehead atoms. The van der Waals surface area contributed by atoms with Crippen LogP contribution in [0.1, 0.15) is 46.6 Å². The lowest BCUT2D eigenvalue weighted by Gasteiger charge is -2.41. The SMILES string of the molecule is CPPN(Cc1ccccc1)[C@@H](CC(C)C)[C@@H](O)[C@](C)(O)COC(=O)OC(C)C. The summed E-state index contributed by atoms with van der Waals surface area (Å²) in [4.78, 5) is 11.7. The molecule has 0 aliphatic rings. The van der Waals surface area contributed by atoms with Crippen LogP contribution >= 0.6 is 16.7 Å². The minimum atomic E-state index is -1.59. The summed E-state index contributed by atoms with van der Waals surface area (Å²) in [6.07, 6.45) is -1.51. The Labute approximate surface area is 178 Å². The first-order valence-electron chi connectivity index (χ1n) is 10.0. The van der Waals surface area contributed by atoms with Crippen molar-refractivity contribution in [2.45, 2.75) is 71.4 Å². The van der Waals surface area contributed by atoms with Gasteiger partial charge >= 0.3 is 6.16 Å². The van der Waals surface area contributed by atoms with Gasteiger partial charge in [0.1, 0.15) is 18.3 Å². The van der Waals surface area contributed by atoms with Gasteiger partial charge < -0.3 is 19.7 Å². The highest BCUT2D eigenvalue weighted by atomic mass is 32.0. The van der Waals surface area contributed by atoms with E-state index in [-0.39, 0.29) is 18.8 Å². The number of aliphatic hydroxyl groups excluding tert-OH is 1. The van der Waals surface area contributed by atoms with Crippen molar-refractivity contribution in [3.05, 3.63) is 35.9 Å². The van der Waals surface area contributed by atoms with E-state index in [1.165, 1.54) is 6.92 Å². The van der Waals surface area contributed by atoms with E-state index in [4.69, 9.17) is 9.47 Å². The van der Waals surface area contributed by atoms with Crippen molar-refractivity contribution in [1.82, 2.24) is 4.67 Å². The van der Waals surface area contributed by atoms with E-state index in [0.717, 1.165) is 12.0 Å². The first-order valence-corrected chi connectivity index (χ1v) is 13.5. The van der Waals surface area contributed by atoms with Crippen LogP contribution in [0.25, 0.3) is 0 Å². The summed E-state index contributed by atoms with van der Waals surface area (Å²) in [6.45, 7) is 11.7. The van der Waals surface area contributed by atoms with Crippen LogP contribution in [-0.4, -0.2) is 58.2 Å². The predicted molar refractivity (Wildman–Crippen MR) is 122 cm³/mol. The van der Waals surface area contributed by atoms with E-state index in [2.05, 4.69) is 37.3 Å². The molecular weight excluding hydrogens is 408 g/mol. The van der Waals surface area contributed by atoms with Gasteiger partial charge in [0, 0.05) is 12.6 Å². The van der Waals surface area contributed by atoms with Gasteiger partial charge in [-0.2, -0.15) is 0 Å². The fourth-order valence-electron chi connectivity index (χ4n) is 3.00. The van der Waals surface area contributed by atoms with E-state index in [1.54, 1.807) is 13.8 Å². The first kappa shape index (κ1) is 26.3. The minimum Gasteiger partial charge on any atom is -0.432 e. The van der Waals surface area contributed by atoms with Gasteiger partial charge in [0.2, 0.25) is 0 Å². The molecule has 1 rings (SSSR count). The van der Waals surface area contributed by atoms with Crippen LogP contribution in [-0.2, 0) is 16.0 Å². The molecule has 6 nitrogen and oxygen atoms in total. The number of aliphatic hydroxyl groups is 2. The number of carbonyl (C=O) groups is 1. The van der Waals surface area contributed by atoms with Crippen molar-refractivity contribution >= 4 is 22.8 Å². The first-order chi connectivity index (χ1) is 13.6. The number of ether oxygens (including phenoxy) is 2. The Morgan fingerprint density at radius 3 is 2.34 bits per heavy atom. The van der Waals surface area contributed by atoms with Gasteiger partial charge in [-0.3, -0.25) is 4.67 Å². The summed E-state index contributed by atoms with van der Waals surface area (Å²) in [5.74, 6) is 0.334. The Morgan fingerprint density at radius 1 is 1.21 bits per heavy atom. The second-order valence-corrected chi connectivity index (χ2v) is 11.6. The minimum absolute atomic E-state index is 0.263. The summed E-state index contributed by atoms with van der Waals surface area (Å²) >= 11 is 0. The molecule has 1 aromatic rings. The molecule has 0 radical (unpaired) electrons. The molecule has 2 unspecified atom stereocenters. The van der Waals surface area contributed by atoms with E-state index in [1.807, 2.05) is 18.2 Å². The monoisotopic (exact) mass is 445 g/mol. The van der Waals surface area contributed by atoms with Crippen LogP contribution in [0.5, 0.6) is 0 Å². The van der Waals surface area contributed by atoms with Crippen molar-refractivity contribution in [2.24, 2.45) is 5.92 Å². The second-order valence-electron chi connectivity index (χ2n) is 8.18. The normalized spacial score (nSPS) is 16.8. The third kappa shape index (κ3) is 9.72. The molecule has 8 heteroatoms. The Bertz CT molecular complexity index is 598. The van der Waals surface area contributed by atoms with E-state index >= 15 is 0 Å². The summed E-state index contributed by atoms with van der Waals surface area (Å²) in [5.41, 5.74) is -0.429. The zero-order valence-electron chi connectivity index (χ0n) is 18.4. The quantitative estimate of drug-likeness (QED) is 0.367. The molecule has 0 aliphatic heterocycles. The number of rotatable bonds is 12. The number of benzene rings is 1. The van der Waals surface area contributed by atoms with Crippen LogP contribution in [0.4, 0.5) is 4.79 Å². The number of carbonyl (C=O) groups excluding carboxylic acids is 1. The van der Waals surface area contributed by atoms with Crippen molar-refractivity contribution < 1.29 is 24.5 Å². The number of nitrogens with zero attached hydrogens (tertiary/aromatic N) is 1. The van der Waals surface area contributed by atoms with Crippen LogP contribution in [0, 0.1) is 5.92 Å². The van der Waals surface area contributed by atoms with Gasteiger partial charge in [-0.1, -0.05) is 52.4 Å². The van der Waals surface area contributed by atoms with Crippen molar-refractivity contribution in [3.63, 3.8) is 0 Å². The van der Waals surface area contributed by atoms with Gasteiger partial charge in [-0.25, -0.2) is 4.79 Å². The van der Waals surface area contributed by atoms with Crippen LogP contribution < -0.4 is 0 Å². The summed E-state index contributed by atoms with van der Waals surface area (Å²) < 4.78 is 12.3. The zero-order chi connectivity index (χ0) is 22.0. The third-order valence-corrected chi connectivity index (χ3v) is 6.91. The summed E-state index contributed by atoms with van der Waals surface area (Å²) in [5, 5.41) is 22.1. The summed E-state index contributed by atoms with van der Waals surface area (Å²) in [6, 6.07) is 9.86. The molecule has 0 heterocycles. The third-order valence-electron chi connectivity index (χ3n) is 4.38. The van der Waals surface area contributed by atoms with Crippen molar-refractivity contribution in [1.29, 1.82) is 0 Å². The molecule has 0 saturated carbocycles. The lowest BCUT2D eigenvalue weighted by molar-refractivity contribution is -0.124. The average Bonchev–Trinajstić information content (AvgIpc) is 2.64. The van der Waals surface area contributed by atoms with Gasteiger partial charge in [-0.05, 0) is 53.8 Å². The molecular formula is C21H37NO5P2. The smallest absolute Gasteiger partial charge is 0.432 e. The molecule has 0 amide bonds. The van der Waals surface area contributed by atoms with Gasteiger partial charge in [0.05, 0.1) is 6.10 Å². The van der Waals surface area contributed by atoms with Gasteiger partial charge in [-0.15, -0.1) is 0 Å². The van der Waals surface area contributed by atoms with Crippen LogP contribution in [0.2, 0.25) is 0 Å². The second kappa shape index (κ2) is 12.8. The van der Waals surface area contributed by atoms with Gasteiger partial charge in [0.25, 0.3) is 0 Å². The van der Waals surface area contributed by atoms with Crippen molar-refractivity contribution in [2.75, 3.05) is 13.3 Å². The highest BCUT2D eigenvalue weighted by Gasteiger charge is 2.40. The average molecular weight is 445 g/mol. The molecule has 0 fully saturated rings. The maximum Gasteiger partial charge on any atom is 0.508 e. The molecule has 0 saturated heterocycles. The maximum atomic E-state index is 11.7. The molecule has 5 atom stereocenters. The fraction of sp³-hybridized carbons (Fsp3) is 0.667. The van der Waals surface area contributed by atoms with E-state index in [9.17, 15) is 15.0 Å². The molecule has 29 heavy (non-hydrogen) atoms. The van der Waals surface area contributed by atoms with E-state index < -0.39 is 17.9 Å². The largest absolute Gasteiger partial charge is 0.508 e. The molecule has 2 N–H and O–H groups in total. The molecule has 0 aliphatic carbocycles. The van der Waals surface area contributed by atoms with E-state index in [0.29, 0.717) is 29.2 Å². The topological polar surface area (TPSA) is 79.2 Å². The molecule has 1 aromatic carbocycles. The van der Waals surface area contributed by atoms with Crippen molar-refractivity contribution in [3.8, 4) is 0 Å². The van der Waals surface area contributed by atoms with Crippen LogP contribution in [0.3, 0.4) is 0 Å². The molecule has 166 valence electrons. The predicted octanol–water partition coefficient (Wildman–Crippen LogP) is 4.39. The lowest BCUT2D eigenvalue weighted by atomic mass is 9.88. The zero-order valence-corrected chi connectivity index (χ0v) is 20.4. The Hall–Kier alpha value is -0.770. The molecule has 0 aromatic heterocycles. The molecule has 0 spiro atoms. The maximum absolute atomic E-state index is 11.7. The standard InChI is InChI=1S/C21H37NO5P2/c1-15(2)12-18(22(29-28-6)13-17-10-8-7-9-11-17)19(23)21(5,25)14-26-20(24)27-16(3)4/h7-11,15-16,18-19,23,25,28-29H,12-14H2,1-6H3/t18-,19+,21+/m0/s1. The Morgan fingerprint density at radius 2 is 1.83 bits per heavy atom. The highest BCUT2D eigenvalue weighted by molar-refractivity contribution is 8.10. The highest BCUT2D eigenvalue weighted by Crippen LogP contribution is 2.42. The number of hydrogen-bond donors (Lipinski definition) is 2. The Balaban J connectivity index is 2.97. The van der Waals surface area contributed by atoms with Gasteiger partial charge in [0.15, 0.2) is 0 Å². The lowest BCUT2D eigenvalue weighted by Crippen LogP contribution is -2.54. The Kier molecular flexibility index (Phi) is 11.6. The van der Waals surface area contributed by atoms with Crippen LogP contribution in [0.15, 0.2) is 30.3 Å². The summed E-state index contributed by atoms with van der Waals surface area (Å²) in [7, 11) is 1.24.